The number of rotatable bonds is 0. The van der Waals surface area contributed by atoms with Crippen molar-refractivity contribution in [2.45, 2.75) is 0 Å². The molecule has 0 rings (SSSR count). The van der Waals surface area contributed by atoms with E-state index < -0.39 is 7.91 Å². The van der Waals surface area contributed by atoms with Crippen molar-refractivity contribution >= 4 is 44.1 Å². The predicted octanol–water partition coefficient (Wildman–Crippen LogP) is -1.78. The van der Waals surface area contributed by atoms with E-state index in [9.17, 15) is 4.20 Å². The normalized spacial score (nSPS) is 8.43. The second kappa shape index (κ2) is 5.35. The molecule has 0 fully saturated rings. The van der Waals surface area contributed by atoms with Gasteiger partial charge in [-0.05, 0) is 0 Å². The number of hydrogen-bond acceptors (Lipinski definition) is 1. The van der Waals surface area contributed by atoms with Gasteiger partial charge in [0.05, 0.1) is 0 Å². The van der Waals surface area contributed by atoms with Crippen molar-refractivity contribution in [1.29, 1.82) is 0 Å². The van der Waals surface area contributed by atoms with Gasteiger partial charge in [-0.3, -0.25) is 9.79 Å². The van der Waals surface area contributed by atoms with Gasteiger partial charge >= 0.3 is 26.8 Å². The van der Waals surface area contributed by atoms with Gasteiger partial charge in [0.15, 0.2) is 17.4 Å². The summed E-state index contributed by atoms with van der Waals surface area (Å²) in [5.41, 5.74) is 0. The van der Waals surface area contributed by atoms with Gasteiger partial charge in [0.2, 0.25) is 0 Å². The van der Waals surface area contributed by atoms with Crippen molar-refractivity contribution in [3.8, 4) is 0 Å². The molecule has 0 heterocycles. The molecule has 0 saturated carbocycles. The molecule has 7 heteroatoms. The van der Waals surface area contributed by atoms with Gasteiger partial charge in [-0.15, -0.1) is 4.20 Å². The molecule has 2 N–H and O–H groups in total. The molecular formula is H6AlFLiO3P. The summed E-state index contributed by atoms with van der Waals surface area (Å²) in [7, 11) is -5.14. The van der Waals surface area contributed by atoms with Crippen LogP contribution in [0.15, 0.2) is 0 Å². The Hall–Kier alpha value is 1.21. The van der Waals surface area contributed by atoms with Crippen LogP contribution in [0.5, 0.6) is 0 Å². The van der Waals surface area contributed by atoms with Crippen LogP contribution in [0.3, 0.4) is 0 Å². The van der Waals surface area contributed by atoms with Crippen molar-refractivity contribution < 1.29 is 18.5 Å². The maximum atomic E-state index is 10.4. The summed E-state index contributed by atoms with van der Waals surface area (Å²) in [6.45, 7) is 0. The van der Waals surface area contributed by atoms with E-state index in [1.807, 2.05) is 0 Å². The van der Waals surface area contributed by atoms with E-state index in [0.717, 1.165) is 0 Å². The number of hydrogen-bond donors (Lipinski definition) is 2. The van der Waals surface area contributed by atoms with E-state index in [2.05, 4.69) is 0 Å². The second-order valence-electron chi connectivity index (χ2n) is 0.473. The molecule has 0 aliphatic rings. The SMILES string of the molecule is O=P(O)(O)F.[AlH3].[LiH]. The van der Waals surface area contributed by atoms with Gasteiger partial charge in [0.25, 0.3) is 0 Å². The molecule has 0 spiro atoms. The van der Waals surface area contributed by atoms with E-state index in [-0.39, 0.29) is 36.2 Å². The van der Waals surface area contributed by atoms with Crippen LogP contribution < -0.4 is 0 Å². The molecule has 0 aromatic heterocycles. The summed E-state index contributed by atoms with van der Waals surface area (Å²) in [5.74, 6) is 0. The standard InChI is InChI=1S/Al.FH2O3P.Li.4H/c;1-5(2,3)4;;;;;/h;(H2,2,3,4);;;;;. The van der Waals surface area contributed by atoms with E-state index in [1.165, 1.54) is 0 Å². The van der Waals surface area contributed by atoms with Gasteiger partial charge in [-0.1, -0.05) is 0 Å². The Bertz CT molecular complexity index is 61.1. The molecule has 0 aromatic carbocycles. The van der Waals surface area contributed by atoms with Gasteiger partial charge < -0.3 is 0 Å². The Morgan fingerprint density at radius 1 is 1.43 bits per heavy atom. The average Bonchev–Trinajstić information content (AvgIpc) is 0.722. The van der Waals surface area contributed by atoms with Crippen LogP contribution in [-0.2, 0) is 4.57 Å². The summed E-state index contributed by atoms with van der Waals surface area (Å²) in [4.78, 5) is 13.9. The summed E-state index contributed by atoms with van der Waals surface area (Å²) in [6, 6.07) is 0. The minimum absolute atomic E-state index is 0. The van der Waals surface area contributed by atoms with Gasteiger partial charge in [-0.2, -0.15) is 0 Å². The van der Waals surface area contributed by atoms with E-state index in [1.54, 1.807) is 0 Å². The molecule has 0 amide bonds. The summed E-state index contributed by atoms with van der Waals surface area (Å²) >= 11 is 0. The zero-order valence-electron chi connectivity index (χ0n) is 2.13. The Morgan fingerprint density at radius 2 is 1.43 bits per heavy atom. The third-order valence-corrected chi connectivity index (χ3v) is 0. The molecule has 3 nitrogen and oxygen atoms in total. The van der Waals surface area contributed by atoms with Crippen LogP contribution in [-0.4, -0.2) is 46.0 Å². The predicted molar refractivity (Wildman–Crippen MR) is 30.2 cm³/mol. The first-order chi connectivity index (χ1) is 2.00. The molecule has 0 atom stereocenters. The average molecular weight is 138 g/mol. The molecule has 0 radical (unpaired) electrons. The zero-order valence-corrected chi connectivity index (χ0v) is 3.02. The second-order valence-corrected chi connectivity index (χ2v) is 1.42. The molecule has 0 aliphatic carbocycles. The van der Waals surface area contributed by atoms with Crippen molar-refractivity contribution in [3.63, 3.8) is 0 Å². The fourth-order valence-electron chi connectivity index (χ4n) is 0. The van der Waals surface area contributed by atoms with Crippen LogP contribution in [0.4, 0.5) is 4.20 Å². The molecule has 0 aliphatic heterocycles. The molecule has 7 heavy (non-hydrogen) atoms. The molecule has 40 valence electrons. The van der Waals surface area contributed by atoms with Crippen LogP contribution in [0, 0.1) is 0 Å². The first-order valence-electron chi connectivity index (χ1n) is 0.752. The Morgan fingerprint density at radius 3 is 1.43 bits per heavy atom. The third-order valence-electron chi connectivity index (χ3n) is 0. The zero-order chi connectivity index (χ0) is 4.50. The summed E-state index contributed by atoms with van der Waals surface area (Å²) in [6.07, 6.45) is 0. The van der Waals surface area contributed by atoms with E-state index in [4.69, 9.17) is 14.4 Å². The third kappa shape index (κ3) is 134. The van der Waals surface area contributed by atoms with Crippen molar-refractivity contribution in [2.24, 2.45) is 0 Å². The molecule has 0 aromatic rings. The monoisotopic (exact) mass is 138 g/mol. The van der Waals surface area contributed by atoms with Crippen LogP contribution in [0.2, 0.25) is 0 Å². The topological polar surface area (TPSA) is 57.5 Å². The Labute approximate surface area is 62.9 Å². The maximum absolute atomic E-state index is 10.4. The fraction of sp³-hybridized carbons (Fsp3) is 0. The van der Waals surface area contributed by atoms with Crippen LogP contribution in [0.25, 0.3) is 0 Å². The quantitative estimate of drug-likeness (QED) is 0.307. The van der Waals surface area contributed by atoms with E-state index in [0.29, 0.717) is 0 Å². The summed E-state index contributed by atoms with van der Waals surface area (Å²) < 4.78 is 19.0. The van der Waals surface area contributed by atoms with Crippen molar-refractivity contribution in [1.82, 2.24) is 0 Å². The molecule has 0 saturated heterocycles. The van der Waals surface area contributed by atoms with Crippen molar-refractivity contribution in [3.05, 3.63) is 0 Å². The van der Waals surface area contributed by atoms with Crippen LogP contribution in [0.1, 0.15) is 0 Å². The van der Waals surface area contributed by atoms with E-state index >= 15 is 0 Å². The Kier molecular flexibility index (Phi) is 12.0. The number of halogens is 1. The summed E-state index contributed by atoms with van der Waals surface area (Å²) in [5, 5.41) is 0. The molecular weight excluding hydrogens is 132 g/mol. The molecule has 0 bridgehead atoms. The first kappa shape index (κ1) is 15.7. The molecule has 0 unspecified atom stereocenters. The van der Waals surface area contributed by atoms with Gasteiger partial charge in [0, 0.05) is 0 Å². The fourth-order valence-corrected chi connectivity index (χ4v) is 0. The van der Waals surface area contributed by atoms with Gasteiger partial charge in [0.1, 0.15) is 0 Å². The first-order valence-corrected chi connectivity index (χ1v) is 2.25. The van der Waals surface area contributed by atoms with Gasteiger partial charge in [-0.25, -0.2) is 4.57 Å². The van der Waals surface area contributed by atoms with Crippen molar-refractivity contribution in [2.75, 3.05) is 0 Å². The van der Waals surface area contributed by atoms with Crippen LogP contribution >= 0.6 is 7.91 Å². The Balaban J connectivity index is -0.0000000800. The minimum atomic E-state index is -5.14.